The molecule has 2 fully saturated rings. The van der Waals surface area contributed by atoms with E-state index >= 15 is 0 Å². The zero-order valence-electron chi connectivity index (χ0n) is 16.7. The van der Waals surface area contributed by atoms with Gasteiger partial charge in [-0.1, -0.05) is 70.6 Å². The van der Waals surface area contributed by atoms with Crippen molar-refractivity contribution in [2.75, 3.05) is 0 Å². The molecule has 2 saturated carbocycles. The molecule has 4 heteroatoms. The molecular formula is C22H40N2O2. The fraction of sp³-hybridized carbons (Fsp3) is 0.909. The molecule has 0 bridgehead atoms. The molecule has 0 saturated heterocycles. The van der Waals surface area contributed by atoms with Gasteiger partial charge < -0.3 is 11.5 Å². The molecule has 0 aromatic carbocycles. The second-order valence-corrected chi connectivity index (χ2v) is 8.94. The summed E-state index contributed by atoms with van der Waals surface area (Å²) in [5, 5.41) is 0. The van der Waals surface area contributed by atoms with E-state index in [9.17, 15) is 9.59 Å². The van der Waals surface area contributed by atoms with Crippen LogP contribution in [-0.4, -0.2) is 11.8 Å². The summed E-state index contributed by atoms with van der Waals surface area (Å²) in [7, 11) is 0. The molecule has 4 nitrogen and oxygen atoms in total. The van der Waals surface area contributed by atoms with E-state index in [0.717, 1.165) is 57.8 Å². The Morgan fingerprint density at radius 2 is 1.15 bits per heavy atom. The van der Waals surface area contributed by atoms with Gasteiger partial charge in [-0.15, -0.1) is 0 Å². The second-order valence-electron chi connectivity index (χ2n) is 8.94. The summed E-state index contributed by atoms with van der Waals surface area (Å²) in [6.07, 6.45) is 20.1. The van der Waals surface area contributed by atoms with Gasteiger partial charge in [0.25, 0.3) is 0 Å². The maximum Gasteiger partial charge on any atom is 0.224 e. The predicted octanol–water partition coefficient (Wildman–Crippen LogP) is 4.98. The minimum Gasteiger partial charge on any atom is -0.370 e. The Balaban J connectivity index is 2.09. The van der Waals surface area contributed by atoms with Gasteiger partial charge >= 0.3 is 0 Å². The van der Waals surface area contributed by atoms with Crippen molar-refractivity contribution < 1.29 is 9.59 Å². The molecule has 0 unspecified atom stereocenters. The standard InChI is InChI=1S/C22H40N2O2/c23-19(25)13-7-1-2-8-14-21(15-9-3-4-10-16-21)22(20(24)26)17-11-5-6-12-18-22/h1-18H2,(H2,23,25)(H2,24,26). The Bertz CT molecular complexity index is 445. The minimum atomic E-state index is -0.277. The highest BCUT2D eigenvalue weighted by atomic mass is 16.1. The van der Waals surface area contributed by atoms with E-state index in [0.29, 0.717) is 6.42 Å². The van der Waals surface area contributed by atoms with Gasteiger partial charge in [-0.25, -0.2) is 0 Å². The summed E-state index contributed by atoms with van der Waals surface area (Å²) >= 11 is 0. The molecule has 150 valence electrons. The van der Waals surface area contributed by atoms with Crippen molar-refractivity contribution in [1.82, 2.24) is 0 Å². The van der Waals surface area contributed by atoms with Crippen LogP contribution in [0.5, 0.6) is 0 Å². The van der Waals surface area contributed by atoms with Crippen LogP contribution in [0.4, 0.5) is 0 Å². The third-order valence-electron chi connectivity index (χ3n) is 7.33. The molecule has 4 N–H and O–H groups in total. The molecule has 0 atom stereocenters. The van der Waals surface area contributed by atoms with E-state index in [4.69, 9.17) is 11.5 Å². The van der Waals surface area contributed by atoms with Gasteiger partial charge in [0.1, 0.15) is 0 Å². The Morgan fingerprint density at radius 3 is 1.65 bits per heavy atom. The van der Waals surface area contributed by atoms with Crippen molar-refractivity contribution in [3.05, 3.63) is 0 Å². The van der Waals surface area contributed by atoms with E-state index in [1.807, 2.05) is 0 Å². The van der Waals surface area contributed by atoms with Crippen LogP contribution in [0.2, 0.25) is 0 Å². The van der Waals surface area contributed by atoms with Crippen molar-refractivity contribution in [2.45, 2.75) is 116 Å². The van der Waals surface area contributed by atoms with Gasteiger partial charge in [-0.2, -0.15) is 0 Å². The molecule has 2 rings (SSSR count). The van der Waals surface area contributed by atoms with Gasteiger partial charge in [0.05, 0.1) is 5.41 Å². The number of rotatable bonds is 9. The normalized spacial score (nSPS) is 22.9. The molecule has 2 aliphatic carbocycles. The second kappa shape index (κ2) is 10.3. The minimum absolute atomic E-state index is 0.0185. The summed E-state index contributed by atoms with van der Waals surface area (Å²) in [5.41, 5.74) is 11.2. The van der Waals surface area contributed by atoms with Crippen LogP contribution in [0.3, 0.4) is 0 Å². The van der Waals surface area contributed by atoms with E-state index < -0.39 is 0 Å². The summed E-state index contributed by atoms with van der Waals surface area (Å²) in [6.45, 7) is 0. The first kappa shape index (κ1) is 21.2. The van der Waals surface area contributed by atoms with Gasteiger partial charge in [-0.3, -0.25) is 9.59 Å². The molecule has 2 amide bonds. The number of amides is 2. The van der Waals surface area contributed by atoms with Crippen LogP contribution in [-0.2, 0) is 9.59 Å². The van der Waals surface area contributed by atoms with Crippen LogP contribution < -0.4 is 11.5 Å². The van der Waals surface area contributed by atoms with Crippen molar-refractivity contribution in [3.8, 4) is 0 Å². The summed E-state index contributed by atoms with van der Waals surface area (Å²) < 4.78 is 0. The molecule has 2 aliphatic rings. The number of hydrogen-bond donors (Lipinski definition) is 2. The highest BCUT2D eigenvalue weighted by Crippen LogP contribution is 2.58. The summed E-state index contributed by atoms with van der Waals surface area (Å²) in [5.74, 6) is -0.216. The van der Waals surface area contributed by atoms with Crippen LogP contribution in [0.1, 0.15) is 116 Å². The number of carbonyl (C=O) groups excluding carboxylic acids is 2. The van der Waals surface area contributed by atoms with Crippen LogP contribution in [0.15, 0.2) is 0 Å². The lowest BCUT2D eigenvalue weighted by Gasteiger charge is -2.49. The van der Waals surface area contributed by atoms with Crippen molar-refractivity contribution in [2.24, 2.45) is 22.3 Å². The highest BCUT2D eigenvalue weighted by molar-refractivity contribution is 5.82. The van der Waals surface area contributed by atoms with Gasteiger partial charge in [0.15, 0.2) is 0 Å². The van der Waals surface area contributed by atoms with Crippen molar-refractivity contribution in [1.29, 1.82) is 0 Å². The quantitative estimate of drug-likeness (QED) is 0.446. The Hall–Kier alpha value is -1.06. The van der Waals surface area contributed by atoms with Crippen LogP contribution in [0, 0.1) is 10.8 Å². The number of unbranched alkanes of at least 4 members (excludes halogenated alkanes) is 3. The zero-order valence-corrected chi connectivity index (χ0v) is 16.7. The summed E-state index contributed by atoms with van der Waals surface area (Å²) in [4.78, 5) is 23.7. The molecule has 0 radical (unpaired) electrons. The number of primary amides is 2. The van der Waals surface area contributed by atoms with Crippen molar-refractivity contribution >= 4 is 11.8 Å². The SMILES string of the molecule is NC(=O)CCCCCCC1(C2(C(N)=O)CCCCCC2)CCCCCC1. The van der Waals surface area contributed by atoms with Gasteiger partial charge in [0.2, 0.25) is 11.8 Å². The molecule has 0 aliphatic heterocycles. The lowest BCUT2D eigenvalue weighted by atomic mass is 9.54. The topological polar surface area (TPSA) is 86.2 Å². The zero-order chi connectivity index (χ0) is 18.9. The molecular weight excluding hydrogens is 324 g/mol. The lowest BCUT2D eigenvalue weighted by Crippen LogP contribution is -2.51. The van der Waals surface area contributed by atoms with Crippen molar-refractivity contribution in [3.63, 3.8) is 0 Å². The Kier molecular flexibility index (Phi) is 8.43. The average molecular weight is 365 g/mol. The maximum atomic E-state index is 12.8. The number of hydrogen-bond acceptors (Lipinski definition) is 2. The monoisotopic (exact) mass is 364 g/mol. The smallest absolute Gasteiger partial charge is 0.224 e. The van der Waals surface area contributed by atoms with E-state index in [1.54, 1.807) is 0 Å². The highest BCUT2D eigenvalue weighted by Gasteiger charge is 2.53. The largest absolute Gasteiger partial charge is 0.370 e. The maximum absolute atomic E-state index is 12.8. The molecule has 26 heavy (non-hydrogen) atoms. The van der Waals surface area contributed by atoms with Gasteiger partial charge in [-0.05, 0) is 43.9 Å². The number of nitrogens with two attached hydrogens (primary N) is 2. The third-order valence-corrected chi connectivity index (χ3v) is 7.33. The van der Waals surface area contributed by atoms with Crippen LogP contribution >= 0.6 is 0 Å². The molecule has 0 heterocycles. The molecule has 0 aromatic heterocycles. The van der Waals surface area contributed by atoms with E-state index in [2.05, 4.69) is 0 Å². The first-order chi connectivity index (χ1) is 12.5. The Labute approximate surface area is 159 Å². The van der Waals surface area contributed by atoms with E-state index in [-0.39, 0.29) is 22.6 Å². The first-order valence-corrected chi connectivity index (χ1v) is 11.1. The lowest BCUT2D eigenvalue weighted by molar-refractivity contribution is -0.140. The average Bonchev–Trinajstić information content (AvgIpc) is 3.00. The van der Waals surface area contributed by atoms with E-state index in [1.165, 1.54) is 51.4 Å². The summed E-state index contributed by atoms with van der Waals surface area (Å²) in [6, 6.07) is 0. The first-order valence-electron chi connectivity index (χ1n) is 11.1. The van der Waals surface area contributed by atoms with Gasteiger partial charge in [0, 0.05) is 6.42 Å². The fourth-order valence-electron chi connectivity index (χ4n) is 5.86. The predicted molar refractivity (Wildman–Crippen MR) is 106 cm³/mol. The molecule has 0 spiro atoms. The number of carbonyl (C=O) groups is 2. The van der Waals surface area contributed by atoms with Crippen LogP contribution in [0.25, 0.3) is 0 Å². The fourth-order valence-corrected chi connectivity index (χ4v) is 5.86. The molecule has 0 aromatic rings. The third kappa shape index (κ3) is 5.23. The Morgan fingerprint density at radius 1 is 0.654 bits per heavy atom.